The number of hydrogen-bond donors (Lipinski definition) is 0. The van der Waals surface area contributed by atoms with E-state index in [0.717, 1.165) is 42.6 Å². The first-order chi connectivity index (χ1) is 15.6. The molecule has 2 aromatic carbocycles. The molecule has 3 aromatic rings. The van der Waals surface area contributed by atoms with Crippen molar-refractivity contribution in [3.63, 3.8) is 0 Å². The molecule has 0 atom stereocenters. The van der Waals surface area contributed by atoms with Gasteiger partial charge in [0.05, 0.1) is 23.5 Å². The van der Waals surface area contributed by atoms with Crippen LogP contribution in [0.1, 0.15) is 45.1 Å². The van der Waals surface area contributed by atoms with Gasteiger partial charge in [-0.15, -0.1) is 5.10 Å². The van der Waals surface area contributed by atoms with Gasteiger partial charge in [-0.3, -0.25) is 9.69 Å². The summed E-state index contributed by atoms with van der Waals surface area (Å²) in [4.78, 5) is 15.7. The topological polar surface area (TPSA) is 47.4 Å². The molecule has 1 aromatic heterocycles. The summed E-state index contributed by atoms with van der Waals surface area (Å²) in [5, 5.41) is 4.87. The van der Waals surface area contributed by atoms with E-state index in [9.17, 15) is 4.79 Å². The van der Waals surface area contributed by atoms with Crippen LogP contribution >= 0.6 is 0 Å². The average molecular weight is 430 g/mol. The highest BCUT2D eigenvalue weighted by Gasteiger charge is 2.33. The standard InChI is InChI=1S/C27H31N3O2/c1-4-32-21(3)25-19-29(23-11-7-5-8-12-23)28-26(25)30(24-13-9-6-10-14-24)27(31)22-17-15-20(2)16-18-22/h5-14,19-20,22H,3-4,15-18H2,1-2H3. The van der Waals surface area contributed by atoms with E-state index in [-0.39, 0.29) is 11.8 Å². The second kappa shape index (κ2) is 9.86. The molecule has 1 heterocycles. The Morgan fingerprint density at radius 3 is 2.31 bits per heavy atom. The summed E-state index contributed by atoms with van der Waals surface area (Å²) in [6.07, 6.45) is 5.87. The van der Waals surface area contributed by atoms with Crippen LogP contribution < -0.4 is 4.90 Å². The summed E-state index contributed by atoms with van der Waals surface area (Å²) >= 11 is 0. The van der Waals surface area contributed by atoms with Crippen molar-refractivity contribution >= 4 is 23.2 Å². The Hall–Kier alpha value is -3.34. The monoisotopic (exact) mass is 429 g/mol. The fourth-order valence-electron chi connectivity index (χ4n) is 4.31. The van der Waals surface area contributed by atoms with Crippen LogP contribution in [0.2, 0.25) is 0 Å². The third kappa shape index (κ3) is 4.62. The normalized spacial score (nSPS) is 18.2. The summed E-state index contributed by atoms with van der Waals surface area (Å²) < 4.78 is 7.55. The number of carbonyl (C=O) groups is 1. The molecule has 0 N–H and O–H groups in total. The fraction of sp³-hybridized carbons (Fsp3) is 0.333. The predicted octanol–water partition coefficient (Wildman–Crippen LogP) is 6.37. The molecule has 166 valence electrons. The average Bonchev–Trinajstić information content (AvgIpc) is 3.26. The minimum absolute atomic E-state index is 0.0125. The molecule has 1 saturated carbocycles. The van der Waals surface area contributed by atoms with Crippen molar-refractivity contribution < 1.29 is 9.53 Å². The molecule has 0 unspecified atom stereocenters. The third-order valence-corrected chi connectivity index (χ3v) is 6.15. The van der Waals surface area contributed by atoms with Crippen LogP contribution in [0.4, 0.5) is 11.5 Å². The lowest BCUT2D eigenvalue weighted by molar-refractivity contribution is -0.122. The molecular formula is C27H31N3O2. The van der Waals surface area contributed by atoms with E-state index in [0.29, 0.717) is 24.1 Å². The van der Waals surface area contributed by atoms with Crippen LogP contribution in [0.15, 0.2) is 73.4 Å². The first-order valence-electron chi connectivity index (χ1n) is 11.4. The molecule has 0 radical (unpaired) electrons. The molecule has 5 heteroatoms. The number of nitrogens with zero attached hydrogens (tertiary/aromatic N) is 3. The Kier molecular flexibility index (Phi) is 6.74. The molecule has 1 fully saturated rings. The summed E-state index contributed by atoms with van der Waals surface area (Å²) in [7, 11) is 0. The molecule has 0 aliphatic heterocycles. The van der Waals surface area contributed by atoms with E-state index < -0.39 is 0 Å². The number of para-hydroxylation sites is 2. The van der Waals surface area contributed by atoms with Crippen LogP contribution in [-0.4, -0.2) is 22.3 Å². The number of amides is 1. The first kappa shape index (κ1) is 21.9. The van der Waals surface area contributed by atoms with Gasteiger partial charge in [-0.25, -0.2) is 4.68 Å². The molecule has 0 bridgehead atoms. The van der Waals surface area contributed by atoms with Gasteiger partial charge in [0.15, 0.2) is 5.82 Å². The quantitative estimate of drug-likeness (QED) is 0.410. The summed E-state index contributed by atoms with van der Waals surface area (Å²) in [6.45, 7) is 8.81. The van der Waals surface area contributed by atoms with E-state index in [1.54, 1.807) is 9.58 Å². The highest BCUT2D eigenvalue weighted by atomic mass is 16.5. The van der Waals surface area contributed by atoms with Gasteiger partial charge < -0.3 is 4.74 Å². The maximum atomic E-state index is 13.9. The van der Waals surface area contributed by atoms with Crippen molar-refractivity contribution in [2.75, 3.05) is 11.5 Å². The number of anilines is 2. The lowest BCUT2D eigenvalue weighted by Gasteiger charge is -2.30. The number of carbonyl (C=O) groups excluding carboxylic acids is 1. The number of benzene rings is 2. The number of aromatic nitrogens is 2. The van der Waals surface area contributed by atoms with Gasteiger partial charge in [0.25, 0.3) is 0 Å². The zero-order valence-corrected chi connectivity index (χ0v) is 18.9. The molecule has 0 saturated heterocycles. The zero-order valence-electron chi connectivity index (χ0n) is 18.9. The minimum atomic E-state index is -0.0125. The Balaban J connectivity index is 1.81. The first-order valence-corrected chi connectivity index (χ1v) is 11.4. The highest BCUT2D eigenvalue weighted by Crippen LogP contribution is 2.37. The smallest absolute Gasteiger partial charge is 0.235 e. The van der Waals surface area contributed by atoms with E-state index in [1.807, 2.05) is 73.8 Å². The highest BCUT2D eigenvalue weighted by molar-refractivity contribution is 6.02. The molecule has 4 rings (SSSR count). The SMILES string of the molecule is C=C(OCC)c1cn(-c2ccccc2)nc1N(C(=O)C1CCC(C)CC1)c1ccccc1. The Labute approximate surface area is 190 Å². The van der Waals surface area contributed by atoms with Crippen molar-refractivity contribution in [3.8, 4) is 5.69 Å². The van der Waals surface area contributed by atoms with E-state index in [4.69, 9.17) is 9.84 Å². The van der Waals surface area contributed by atoms with Gasteiger partial charge in [0, 0.05) is 12.1 Å². The van der Waals surface area contributed by atoms with Crippen LogP contribution in [0.25, 0.3) is 11.4 Å². The molecule has 1 aliphatic rings. The summed E-state index contributed by atoms with van der Waals surface area (Å²) in [6, 6.07) is 19.6. The van der Waals surface area contributed by atoms with E-state index in [2.05, 4.69) is 13.5 Å². The molecular weight excluding hydrogens is 398 g/mol. The van der Waals surface area contributed by atoms with Gasteiger partial charge in [-0.05, 0) is 62.8 Å². The minimum Gasteiger partial charge on any atom is -0.494 e. The Morgan fingerprint density at radius 2 is 1.69 bits per heavy atom. The van der Waals surface area contributed by atoms with Crippen molar-refractivity contribution in [2.24, 2.45) is 11.8 Å². The van der Waals surface area contributed by atoms with Gasteiger partial charge in [0.2, 0.25) is 5.91 Å². The van der Waals surface area contributed by atoms with Crippen molar-refractivity contribution in [2.45, 2.75) is 39.5 Å². The molecule has 0 spiro atoms. The Bertz CT molecular complexity index is 1050. The second-order valence-corrected chi connectivity index (χ2v) is 8.47. The van der Waals surface area contributed by atoms with Gasteiger partial charge in [0.1, 0.15) is 5.76 Å². The van der Waals surface area contributed by atoms with Crippen LogP contribution in [0.5, 0.6) is 0 Å². The van der Waals surface area contributed by atoms with E-state index >= 15 is 0 Å². The molecule has 5 nitrogen and oxygen atoms in total. The number of rotatable bonds is 7. The molecule has 1 aliphatic carbocycles. The zero-order chi connectivity index (χ0) is 22.5. The van der Waals surface area contributed by atoms with Gasteiger partial charge in [-0.2, -0.15) is 0 Å². The lowest BCUT2D eigenvalue weighted by atomic mass is 9.82. The predicted molar refractivity (Wildman–Crippen MR) is 129 cm³/mol. The van der Waals surface area contributed by atoms with Crippen LogP contribution in [-0.2, 0) is 9.53 Å². The van der Waals surface area contributed by atoms with Crippen molar-refractivity contribution in [1.82, 2.24) is 9.78 Å². The van der Waals surface area contributed by atoms with Crippen molar-refractivity contribution in [1.29, 1.82) is 0 Å². The van der Waals surface area contributed by atoms with Gasteiger partial charge >= 0.3 is 0 Å². The Morgan fingerprint density at radius 1 is 1.06 bits per heavy atom. The number of hydrogen-bond acceptors (Lipinski definition) is 3. The van der Waals surface area contributed by atoms with Crippen LogP contribution in [0, 0.1) is 11.8 Å². The maximum absolute atomic E-state index is 13.9. The largest absolute Gasteiger partial charge is 0.494 e. The fourth-order valence-corrected chi connectivity index (χ4v) is 4.31. The van der Waals surface area contributed by atoms with E-state index in [1.165, 1.54) is 0 Å². The lowest BCUT2D eigenvalue weighted by Crippen LogP contribution is -2.35. The number of ether oxygens (including phenoxy) is 1. The summed E-state index contributed by atoms with van der Waals surface area (Å²) in [5.41, 5.74) is 2.44. The van der Waals surface area contributed by atoms with Crippen molar-refractivity contribution in [3.05, 3.63) is 79.0 Å². The molecule has 32 heavy (non-hydrogen) atoms. The van der Waals surface area contributed by atoms with Gasteiger partial charge in [-0.1, -0.05) is 49.9 Å². The maximum Gasteiger partial charge on any atom is 0.235 e. The second-order valence-electron chi connectivity index (χ2n) is 8.47. The summed E-state index contributed by atoms with van der Waals surface area (Å²) in [5.74, 6) is 1.82. The third-order valence-electron chi connectivity index (χ3n) is 6.15. The van der Waals surface area contributed by atoms with Crippen LogP contribution in [0.3, 0.4) is 0 Å². The molecule has 1 amide bonds.